The molecular weight excluding hydrogens is 260 g/mol. The average molecular weight is 301 g/mol. The summed E-state index contributed by atoms with van der Waals surface area (Å²) < 4.78 is 0. The number of unbranched alkanes of at least 4 members (excludes halogenated alkanes) is 10. The summed E-state index contributed by atoms with van der Waals surface area (Å²) in [6, 6.07) is 0. The van der Waals surface area contributed by atoms with Crippen molar-refractivity contribution < 1.29 is 5.11 Å². The number of hydrogen-bond donors (Lipinski definition) is 3. The lowest BCUT2D eigenvalue weighted by atomic mass is 10.1. The van der Waals surface area contributed by atoms with E-state index in [2.05, 4.69) is 24.5 Å². The van der Waals surface area contributed by atoms with E-state index in [1.165, 1.54) is 64.2 Å². The Morgan fingerprint density at radius 1 is 0.619 bits per heavy atom. The van der Waals surface area contributed by atoms with E-state index in [1.54, 1.807) is 0 Å². The van der Waals surface area contributed by atoms with Gasteiger partial charge in [-0.2, -0.15) is 0 Å². The smallest absolute Gasteiger partial charge is 0.168 e. The summed E-state index contributed by atoms with van der Waals surface area (Å²) in [7, 11) is 0. The van der Waals surface area contributed by atoms with Gasteiger partial charge in [-0.05, 0) is 32.9 Å². The third-order valence-electron chi connectivity index (χ3n) is 4.00. The second kappa shape index (κ2) is 14.8. The van der Waals surface area contributed by atoms with Crippen LogP contribution in [0.2, 0.25) is 0 Å². The molecule has 0 bridgehead atoms. The molecule has 3 nitrogen and oxygen atoms in total. The van der Waals surface area contributed by atoms with Gasteiger partial charge in [0.05, 0.1) is 0 Å². The first-order valence-electron chi connectivity index (χ1n) is 9.34. The van der Waals surface area contributed by atoms with Crippen molar-refractivity contribution in [2.24, 2.45) is 0 Å². The van der Waals surface area contributed by atoms with Crippen LogP contribution in [0.15, 0.2) is 0 Å². The Morgan fingerprint density at radius 2 is 0.952 bits per heavy atom. The van der Waals surface area contributed by atoms with Crippen molar-refractivity contribution in [1.82, 2.24) is 10.6 Å². The minimum absolute atomic E-state index is 0.891. The fourth-order valence-corrected chi connectivity index (χ4v) is 2.54. The number of hydrogen-bond acceptors (Lipinski definition) is 3. The topological polar surface area (TPSA) is 44.3 Å². The van der Waals surface area contributed by atoms with Crippen LogP contribution in [-0.4, -0.2) is 24.0 Å². The summed E-state index contributed by atoms with van der Waals surface area (Å²) in [6.45, 7) is 8.09. The number of rotatable bonds is 16. The van der Waals surface area contributed by atoms with Crippen LogP contribution in [0.25, 0.3) is 0 Å². The monoisotopic (exact) mass is 300 g/mol. The molecule has 0 unspecified atom stereocenters. The molecular formula is C18H40N2O. The van der Waals surface area contributed by atoms with Crippen LogP contribution in [0.4, 0.5) is 0 Å². The lowest BCUT2D eigenvalue weighted by Gasteiger charge is -2.26. The molecule has 3 heteroatoms. The Bertz CT molecular complexity index is 187. The highest BCUT2D eigenvalue weighted by Crippen LogP contribution is 2.06. The first-order chi connectivity index (χ1) is 10.1. The second-order valence-corrected chi connectivity index (χ2v) is 6.46. The Kier molecular flexibility index (Phi) is 14.7. The van der Waals surface area contributed by atoms with Gasteiger partial charge in [-0.3, -0.25) is 10.6 Å². The zero-order chi connectivity index (χ0) is 15.8. The first-order valence-corrected chi connectivity index (χ1v) is 9.34. The zero-order valence-electron chi connectivity index (χ0n) is 14.8. The summed E-state index contributed by atoms with van der Waals surface area (Å²) in [5, 5.41) is 16.6. The molecule has 0 heterocycles. The van der Waals surface area contributed by atoms with E-state index in [4.69, 9.17) is 0 Å². The Morgan fingerprint density at radius 3 is 1.33 bits per heavy atom. The predicted octanol–water partition coefficient (Wildman–Crippen LogP) is 4.55. The minimum Gasteiger partial charge on any atom is -0.363 e. The highest BCUT2D eigenvalue weighted by molar-refractivity contribution is 4.66. The maximum absolute atomic E-state index is 10.2. The molecule has 0 radical (unpaired) electrons. The molecule has 0 aliphatic heterocycles. The standard InChI is InChI=1S/C18H40N2O/c1-4-6-8-10-12-14-16-19-18(3,21)20-17-15-13-11-9-7-5-2/h19-21H,4-17H2,1-3H3. The van der Waals surface area contributed by atoms with Crippen LogP contribution in [0.5, 0.6) is 0 Å². The van der Waals surface area contributed by atoms with E-state index in [0.717, 1.165) is 25.9 Å². The Labute approximate surface area is 133 Å². The molecule has 21 heavy (non-hydrogen) atoms. The fraction of sp³-hybridized carbons (Fsp3) is 1.00. The molecule has 0 amide bonds. The number of aliphatic hydroxyl groups is 1. The van der Waals surface area contributed by atoms with Crippen molar-refractivity contribution in [3.05, 3.63) is 0 Å². The molecule has 0 saturated carbocycles. The van der Waals surface area contributed by atoms with Gasteiger partial charge in [0, 0.05) is 0 Å². The molecule has 0 aliphatic rings. The zero-order valence-corrected chi connectivity index (χ0v) is 14.8. The SMILES string of the molecule is CCCCCCCCNC(C)(O)NCCCCCCCC. The molecule has 0 aliphatic carbocycles. The van der Waals surface area contributed by atoms with Gasteiger partial charge in [0.15, 0.2) is 5.85 Å². The summed E-state index contributed by atoms with van der Waals surface area (Å²) in [4.78, 5) is 0. The summed E-state index contributed by atoms with van der Waals surface area (Å²) in [6.07, 6.45) is 15.5. The van der Waals surface area contributed by atoms with Crippen molar-refractivity contribution >= 4 is 0 Å². The van der Waals surface area contributed by atoms with Gasteiger partial charge in [-0.15, -0.1) is 0 Å². The van der Waals surface area contributed by atoms with Gasteiger partial charge in [0.25, 0.3) is 0 Å². The lowest BCUT2D eigenvalue weighted by Crippen LogP contribution is -2.55. The third kappa shape index (κ3) is 16.1. The van der Waals surface area contributed by atoms with E-state index in [0.29, 0.717) is 0 Å². The van der Waals surface area contributed by atoms with Crippen LogP contribution in [-0.2, 0) is 0 Å². The normalized spacial score (nSPS) is 12.0. The van der Waals surface area contributed by atoms with E-state index in [-0.39, 0.29) is 0 Å². The van der Waals surface area contributed by atoms with Crippen molar-refractivity contribution in [1.29, 1.82) is 0 Å². The van der Waals surface area contributed by atoms with Crippen LogP contribution in [0.1, 0.15) is 97.8 Å². The van der Waals surface area contributed by atoms with E-state index in [9.17, 15) is 5.11 Å². The highest BCUT2D eigenvalue weighted by atomic mass is 16.3. The molecule has 0 aromatic rings. The fourth-order valence-electron chi connectivity index (χ4n) is 2.54. The predicted molar refractivity (Wildman–Crippen MR) is 93.4 cm³/mol. The highest BCUT2D eigenvalue weighted by Gasteiger charge is 2.16. The largest absolute Gasteiger partial charge is 0.363 e. The maximum Gasteiger partial charge on any atom is 0.168 e. The molecule has 0 spiro atoms. The second-order valence-electron chi connectivity index (χ2n) is 6.46. The van der Waals surface area contributed by atoms with Crippen molar-refractivity contribution in [3.8, 4) is 0 Å². The molecule has 0 aromatic carbocycles. The molecule has 0 saturated heterocycles. The first kappa shape index (κ1) is 20.9. The van der Waals surface area contributed by atoms with E-state index >= 15 is 0 Å². The molecule has 0 rings (SSSR count). The number of nitrogens with one attached hydrogen (secondary N) is 2. The quantitative estimate of drug-likeness (QED) is 0.289. The Hall–Kier alpha value is -0.120. The molecule has 0 fully saturated rings. The van der Waals surface area contributed by atoms with Gasteiger partial charge in [-0.1, -0.05) is 78.1 Å². The summed E-state index contributed by atoms with van der Waals surface area (Å²) in [5.74, 6) is -0.910. The Balaban J connectivity index is 3.35. The molecule has 3 N–H and O–H groups in total. The van der Waals surface area contributed by atoms with Crippen LogP contribution in [0.3, 0.4) is 0 Å². The van der Waals surface area contributed by atoms with Crippen LogP contribution in [0, 0.1) is 0 Å². The van der Waals surface area contributed by atoms with E-state index in [1.807, 2.05) is 6.92 Å². The maximum atomic E-state index is 10.2. The van der Waals surface area contributed by atoms with Gasteiger partial charge < -0.3 is 5.11 Å². The van der Waals surface area contributed by atoms with Crippen LogP contribution < -0.4 is 10.6 Å². The van der Waals surface area contributed by atoms with Gasteiger partial charge >= 0.3 is 0 Å². The van der Waals surface area contributed by atoms with E-state index < -0.39 is 5.85 Å². The third-order valence-corrected chi connectivity index (χ3v) is 4.00. The van der Waals surface area contributed by atoms with Crippen molar-refractivity contribution in [2.45, 2.75) is 104 Å². The van der Waals surface area contributed by atoms with Crippen molar-refractivity contribution in [3.63, 3.8) is 0 Å². The van der Waals surface area contributed by atoms with Gasteiger partial charge in [-0.25, -0.2) is 0 Å². The average Bonchev–Trinajstić information content (AvgIpc) is 2.45. The summed E-state index contributed by atoms with van der Waals surface area (Å²) >= 11 is 0. The van der Waals surface area contributed by atoms with Crippen molar-refractivity contribution in [2.75, 3.05) is 13.1 Å². The summed E-state index contributed by atoms with van der Waals surface area (Å²) in [5.41, 5.74) is 0. The van der Waals surface area contributed by atoms with Gasteiger partial charge in [0.2, 0.25) is 0 Å². The molecule has 0 atom stereocenters. The molecule has 128 valence electrons. The lowest BCUT2D eigenvalue weighted by molar-refractivity contribution is -0.00989. The van der Waals surface area contributed by atoms with Crippen LogP contribution >= 0.6 is 0 Å². The van der Waals surface area contributed by atoms with Gasteiger partial charge in [0.1, 0.15) is 0 Å². The minimum atomic E-state index is -0.910. The molecule has 0 aromatic heterocycles.